The molecular weight excluding hydrogens is 280 g/mol. The van der Waals surface area contributed by atoms with Crippen LogP contribution in [0.15, 0.2) is 24.3 Å². The molecule has 0 saturated carbocycles. The van der Waals surface area contributed by atoms with Gasteiger partial charge in [0.25, 0.3) is 0 Å². The maximum Gasteiger partial charge on any atom is 0.240 e. The highest BCUT2D eigenvalue weighted by Gasteiger charge is 2.35. The molecule has 1 fully saturated rings. The van der Waals surface area contributed by atoms with E-state index in [1.807, 2.05) is 18.2 Å². The van der Waals surface area contributed by atoms with Crippen LogP contribution in [0, 0.1) is 0 Å². The molecule has 1 aromatic carbocycles. The molecular formula is C17H26N2O3. The quantitative estimate of drug-likeness (QED) is 0.786. The number of amides is 1. The van der Waals surface area contributed by atoms with Crippen molar-refractivity contribution in [1.82, 2.24) is 5.32 Å². The van der Waals surface area contributed by atoms with E-state index in [2.05, 4.69) is 25.2 Å². The Balaban J connectivity index is 1.79. The van der Waals surface area contributed by atoms with E-state index in [-0.39, 0.29) is 5.91 Å². The van der Waals surface area contributed by atoms with E-state index in [1.54, 1.807) is 0 Å². The lowest BCUT2D eigenvalue weighted by Crippen LogP contribution is -2.57. The van der Waals surface area contributed by atoms with Crippen LogP contribution in [0.25, 0.3) is 0 Å². The lowest BCUT2D eigenvalue weighted by Gasteiger charge is -2.31. The molecule has 1 saturated heterocycles. The molecule has 0 atom stereocenters. The fourth-order valence-corrected chi connectivity index (χ4v) is 2.55. The van der Waals surface area contributed by atoms with Gasteiger partial charge < -0.3 is 20.5 Å². The van der Waals surface area contributed by atoms with E-state index in [9.17, 15) is 4.79 Å². The molecule has 1 aliphatic rings. The van der Waals surface area contributed by atoms with Crippen molar-refractivity contribution in [3.05, 3.63) is 29.8 Å². The summed E-state index contributed by atoms with van der Waals surface area (Å²) in [6.45, 7) is 6.23. The molecule has 1 amide bonds. The Labute approximate surface area is 132 Å². The molecule has 0 aromatic heterocycles. The summed E-state index contributed by atoms with van der Waals surface area (Å²) < 4.78 is 11.0. The first kappa shape index (κ1) is 16.8. The van der Waals surface area contributed by atoms with Gasteiger partial charge in [0.15, 0.2) is 0 Å². The zero-order chi connectivity index (χ0) is 16.0. The van der Waals surface area contributed by atoms with Crippen molar-refractivity contribution in [3.8, 4) is 5.75 Å². The molecule has 122 valence electrons. The number of nitrogens with one attached hydrogen (secondary N) is 1. The summed E-state index contributed by atoms with van der Waals surface area (Å²) in [6, 6.07) is 7.99. The number of hydrogen-bond acceptors (Lipinski definition) is 4. The third-order valence-corrected chi connectivity index (χ3v) is 4.02. The second kappa shape index (κ2) is 7.61. The van der Waals surface area contributed by atoms with E-state index in [1.165, 1.54) is 5.56 Å². The Morgan fingerprint density at radius 3 is 2.73 bits per heavy atom. The molecule has 2 rings (SSSR count). The number of benzene rings is 1. The van der Waals surface area contributed by atoms with Gasteiger partial charge >= 0.3 is 0 Å². The third-order valence-electron chi connectivity index (χ3n) is 4.02. The molecule has 5 heteroatoms. The van der Waals surface area contributed by atoms with Crippen LogP contribution < -0.4 is 15.8 Å². The van der Waals surface area contributed by atoms with Crippen molar-refractivity contribution in [2.75, 3.05) is 26.4 Å². The molecule has 1 heterocycles. The molecule has 1 aliphatic heterocycles. The minimum absolute atomic E-state index is 0.114. The molecule has 1 aromatic rings. The molecule has 0 spiro atoms. The molecule has 3 N–H and O–H groups in total. The van der Waals surface area contributed by atoms with Gasteiger partial charge in [0.05, 0.1) is 12.1 Å². The van der Waals surface area contributed by atoms with Gasteiger partial charge in [-0.2, -0.15) is 0 Å². The number of carbonyl (C=O) groups excluding carboxylic acids is 1. The van der Waals surface area contributed by atoms with Gasteiger partial charge in [-0.05, 0) is 30.4 Å². The first-order valence-electron chi connectivity index (χ1n) is 7.89. The predicted molar refractivity (Wildman–Crippen MR) is 86.0 cm³/mol. The van der Waals surface area contributed by atoms with Crippen molar-refractivity contribution in [2.24, 2.45) is 5.73 Å². The topological polar surface area (TPSA) is 73.6 Å². The van der Waals surface area contributed by atoms with Crippen LogP contribution in [0.3, 0.4) is 0 Å². The Hall–Kier alpha value is -1.59. The zero-order valence-corrected chi connectivity index (χ0v) is 13.4. The van der Waals surface area contributed by atoms with E-state index in [0.29, 0.717) is 45.1 Å². The molecule has 0 unspecified atom stereocenters. The van der Waals surface area contributed by atoms with Gasteiger partial charge in [0.1, 0.15) is 12.4 Å². The second-order valence-corrected chi connectivity index (χ2v) is 6.07. The Kier molecular flexibility index (Phi) is 5.80. The van der Waals surface area contributed by atoms with Crippen LogP contribution in [-0.2, 0) is 9.53 Å². The first-order valence-corrected chi connectivity index (χ1v) is 7.89. The Morgan fingerprint density at radius 1 is 1.36 bits per heavy atom. The smallest absolute Gasteiger partial charge is 0.240 e. The normalized spacial score (nSPS) is 17.3. The molecule has 22 heavy (non-hydrogen) atoms. The van der Waals surface area contributed by atoms with Crippen LogP contribution >= 0.6 is 0 Å². The van der Waals surface area contributed by atoms with Crippen LogP contribution in [-0.4, -0.2) is 37.8 Å². The summed E-state index contributed by atoms with van der Waals surface area (Å²) in [6.07, 6.45) is 1.13. The van der Waals surface area contributed by atoms with Crippen LogP contribution in [0.4, 0.5) is 0 Å². The summed E-state index contributed by atoms with van der Waals surface area (Å²) in [4.78, 5) is 12.2. The lowest BCUT2D eigenvalue weighted by molar-refractivity contribution is -0.129. The van der Waals surface area contributed by atoms with Gasteiger partial charge in [-0.3, -0.25) is 4.79 Å². The Morgan fingerprint density at radius 2 is 2.05 bits per heavy atom. The summed E-state index contributed by atoms with van der Waals surface area (Å²) in [5, 5.41) is 2.87. The number of carbonyl (C=O) groups is 1. The summed E-state index contributed by atoms with van der Waals surface area (Å²) >= 11 is 0. The summed E-state index contributed by atoms with van der Waals surface area (Å²) in [5.74, 6) is 1.16. The molecule has 0 radical (unpaired) electrons. The van der Waals surface area contributed by atoms with E-state index in [0.717, 1.165) is 5.75 Å². The van der Waals surface area contributed by atoms with Crippen LogP contribution in [0.5, 0.6) is 5.75 Å². The van der Waals surface area contributed by atoms with Crippen molar-refractivity contribution >= 4 is 5.91 Å². The van der Waals surface area contributed by atoms with Crippen molar-refractivity contribution < 1.29 is 14.3 Å². The number of hydrogen-bond donors (Lipinski definition) is 2. The van der Waals surface area contributed by atoms with Crippen molar-refractivity contribution in [2.45, 2.75) is 38.1 Å². The monoisotopic (exact) mass is 306 g/mol. The summed E-state index contributed by atoms with van der Waals surface area (Å²) in [5.41, 5.74) is 6.50. The highest BCUT2D eigenvalue weighted by molar-refractivity contribution is 5.86. The lowest BCUT2D eigenvalue weighted by atomic mass is 9.90. The average molecular weight is 306 g/mol. The third kappa shape index (κ3) is 4.21. The maximum atomic E-state index is 12.2. The second-order valence-electron chi connectivity index (χ2n) is 6.07. The number of ether oxygens (including phenoxy) is 2. The highest BCUT2D eigenvalue weighted by atomic mass is 16.5. The van der Waals surface area contributed by atoms with E-state index >= 15 is 0 Å². The molecule has 0 bridgehead atoms. The van der Waals surface area contributed by atoms with E-state index < -0.39 is 5.54 Å². The molecule has 0 aliphatic carbocycles. The summed E-state index contributed by atoms with van der Waals surface area (Å²) in [7, 11) is 0. The maximum absolute atomic E-state index is 12.2. The average Bonchev–Trinajstić information content (AvgIpc) is 2.52. The number of para-hydroxylation sites is 1. The standard InChI is InChI=1S/C17H26N2O3/c1-13(2)14-5-3-4-6-15(14)22-12-9-19-16(20)17(18)7-10-21-11-8-17/h3-6,13H,7-12,18H2,1-2H3,(H,19,20). The fraction of sp³-hybridized carbons (Fsp3) is 0.588. The largest absolute Gasteiger partial charge is 0.491 e. The fourth-order valence-electron chi connectivity index (χ4n) is 2.55. The first-order chi connectivity index (χ1) is 10.5. The van der Waals surface area contributed by atoms with Gasteiger partial charge in [0, 0.05) is 13.2 Å². The van der Waals surface area contributed by atoms with Gasteiger partial charge in [-0.15, -0.1) is 0 Å². The minimum atomic E-state index is -0.798. The predicted octanol–water partition coefficient (Wildman–Crippen LogP) is 1.81. The Bertz CT molecular complexity index is 496. The van der Waals surface area contributed by atoms with Crippen LogP contribution in [0.2, 0.25) is 0 Å². The van der Waals surface area contributed by atoms with Gasteiger partial charge in [0.2, 0.25) is 5.91 Å². The van der Waals surface area contributed by atoms with Gasteiger partial charge in [-0.1, -0.05) is 32.0 Å². The van der Waals surface area contributed by atoms with E-state index in [4.69, 9.17) is 15.2 Å². The number of nitrogens with two attached hydrogens (primary N) is 1. The van der Waals surface area contributed by atoms with Crippen LogP contribution in [0.1, 0.15) is 38.2 Å². The minimum Gasteiger partial charge on any atom is -0.491 e. The van der Waals surface area contributed by atoms with Crippen molar-refractivity contribution in [1.29, 1.82) is 0 Å². The van der Waals surface area contributed by atoms with Crippen molar-refractivity contribution in [3.63, 3.8) is 0 Å². The zero-order valence-electron chi connectivity index (χ0n) is 13.4. The SMILES string of the molecule is CC(C)c1ccccc1OCCNC(=O)C1(N)CCOCC1. The highest BCUT2D eigenvalue weighted by Crippen LogP contribution is 2.25. The molecule has 5 nitrogen and oxygen atoms in total. The number of rotatable bonds is 6. The van der Waals surface area contributed by atoms with Gasteiger partial charge in [-0.25, -0.2) is 0 Å².